The van der Waals surface area contributed by atoms with Crippen molar-refractivity contribution in [1.29, 1.82) is 0 Å². The molecule has 0 fully saturated rings. The number of ether oxygens (including phenoxy) is 2. The topological polar surface area (TPSA) is 93.7 Å². The number of hydrogen-bond donors (Lipinski definition) is 2. The largest absolute Gasteiger partial charge is 0.482 e. The average Bonchev–Trinajstić information content (AvgIpc) is 2.74. The molecule has 7 nitrogen and oxygen atoms in total. The van der Waals surface area contributed by atoms with Crippen LogP contribution in [0, 0.1) is 0 Å². The Morgan fingerprint density at radius 3 is 2.28 bits per heavy atom. The van der Waals surface area contributed by atoms with Crippen LogP contribution in [0.2, 0.25) is 10.0 Å². The number of halogens is 2. The van der Waals surface area contributed by atoms with E-state index in [1.807, 2.05) is 0 Å². The third kappa shape index (κ3) is 6.47. The van der Waals surface area contributed by atoms with Gasteiger partial charge in [-0.2, -0.15) is 0 Å². The van der Waals surface area contributed by atoms with Gasteiger partial charge in [0.25, 0.3) is 11.8 Å². The minimum atomic E-state index is -0.488. The molecular formula is C23H18Cl2N2O5. The lowest BCUT2D eigenvalue weighted by Crippen LogP contribution is -2.22. The molecule has 0 atom stereocenters. The number of hydrogen-bond acceptors (Lipinski definition) is 5. The second-order valence-electron chi connectivity index (χ2n) is 6.53. The summed E-state index contributed by atoms with van der Waals surface area (Å²) < 4.78 is 10.4. The van der Waals surface area contributed by atoms with Gasteiger partial charge in [-0.1, -0.05) is 41.4 Å². The molecule has 3 rings (SSSR count). The Morgan fingerprint density at radius 1 is 0.875 bits per heavy atom. The van der Waals surface area contributed by atoms with E-state index in [1.165, 1.54) is 19.1 Å². The van der Waals surface area contributed by atoms with Crippen molar-refractivity contribution in [2.75, 3.05) is 17.2 Å². The highest BCUT2D eigenvalue weighted by Crippen LogP contribution is 2.28. The first kappa shape index (κ1) is 23.1. The van der Waals surface area contributed by atoms with Crippen molar-refractivity contribution in [3.63, 3.8) is 0 Å². The fraction of sp³-hybridized carbons (Fsp3) is 0.0870. The van der Waals surface area contributed by atoms with Gasteiger partial charge in [0.15, 0.2) is 6.61 Å². The number of benzene rings is 3. The lowest BCUT2D eigenvalue weighted by atomic mass is 10.2. The first-order valence-electron chi connectivity index (χ1n) is 9.38. The van der Waals surface area contributed by atoms with Gasteiger partial charge < -0.3 is 20.1 Å². The summed E-state index contributed by atoms with van der Waals surface area (Å²) in [6.07, 6.45) is 0. The van der Waals surface area contributed by atoms with Gasteiger partial charge in [0.2, 0.25) is 0 Å². The summed E-state index contributed by atoms with van der Waals surface area (Å²) >= 11 is 11.9. The minimum Gasteiger partial charge on any atom is -0.482 e. The summed E-state index contributed by atoms with van der Waals surface area (Å²) in [5.74, 6) is -0.803. The number of esters is 1. The molecule has 164 valence electrons. The highest BCUT2D eigenvalue weighted by atomic mass is 35.5. The normalized spacial score (nSPS) is 10.2. The Labute approximate surface area is 194 Å². The van der Waals surface area contributed by atoms with Crippen LogP contribution < -0.4 is 20.1 Å². The van der Waals surface area contributed by atoms with E-state index in [1.54, 1.807) is 54.6 Å². The van der Waals surface area contributed by atoms with Gasteiger partial charge in [-0.3, -0.25) is 14.4 Å². The number of carbonyl (C=O) groups excluding carboxylic acids is 3. The number of rotatable bonds is 7. The number of nitrogens with one attached hydrogen (secondary N) is 2. The van der Waals surface area contributed by atoms with Crippen molar-refractivity contribution in [2.24, 2.45) is 0 Å². The number of anilines is 2. The highest BCUT2D eigenvalue weighted by Gasteiger charge is 2.13. The van der Waals surface area contributed by atoms with Crippen molar-refractivity contribution >= 4 is 52.4 Å². The van der Waals surface area contributed by atoms with Gasteiger partial charge in [-0.25, -0.2) is 0 Å². The maximum absolute atomic E-state index is 12.7. The molecule has 3 aromatic carbocycles. The van der Waals surface area contributed by atoms with Gasteiger partial charge in [0.1, 0.15) is 11.5 Å². The Hall–Kier alpha value is -3.55. The van der Waals surface area contributed by atoms with Crippen LogP contribution in [0.5, 0.6) is 11.5 Å². The Morgan fingerprint density at radius 2 is 1.59 bits per heavy atom. The van der Waals surface area contributed by atoms with Gasteiger partial charge in [-0.15, -0.1) is 0 Å². The average molecular weight is 473 g/mol. The van der Waals surface area contributed by atoms with Gasteiger partial charge in [0.05, 0.1) is 16.4 Å². The van der Waals surface area contributed by atoms with E-state index in [9.17, 15) is 14.4 Å². The molecule has 0 saturated carbocycles. The quantitative estimate of drug-likeness (QED) is 0.364. The van der Waals surface area contributed by atoms with E-state index >= 15 is 0 Å². The molecule has 3 aromatic rings. The summed E-state index contributed by atoms with van der Waals surface area (Å²) in [6, 6.07) is 17.6. The van der Waals surface area contributed by atoms with Crippen LogP contribution in [0.15, 0.2) is 66.7 Å². The molecule has 0 unspecified atom stereocenters. The van der Waals surface area contributed by atoms with E-state index in [2.05, 4.69) is 10.6 Å². The lowest BCUT2D eigenvalue weighted by molar-refractivity contribution is -0.131. The molecule has 9 heteroatoms. The number of carbonyl (C=O) groups is 3. The van der Waals surface area contributed by atoms with Crippen molar-refractivity contribution in [1.82, 2.24) is 0 Å². The number of para-hydroxylation sites is 2. The molecule has 0 aliphatic carbocycles. The molecule has 0 bridgehead atoms. The first-order chi connectivity index (χ1) is 15.3. The van der Waals surface area contributed by atoms with E-state index in [0.717, 1.165) is 0 Å². The van der Waals surface area contributed by atoms with E-state index < -0.39 is 17.8 Å². The van der Waals surface area contributed by atoms with Crippen molar-refractivity contribution in [2.45, 2.75) is 6.92 Å². The molecule has 2 amide bonds. The highest BCUT2D eigenvalue weighted by molar-refractivity contribution is 6.35. The van der Waals surface area contributed by atoms with Crippen LogP contribution >= 0.6 is 23.2 Å². The van der Waals surface area contributed by atoms with Crippen molar-refractivity contribution in [3.8, 4) is 11.5 Å². The molecule has 32 heavy (non-hydrogen) atoms. The van der Waals surface area contributed by atoms with Crippen LogP contribution in [0.3, 0.4) is 0 Å². The van der Waals surface area contributed by atoms with Crippen LogP contribution in [0.1, 0.15) is 17.3 Å². The maximum Gasteiger partial charge on any atom is 0.308 e. The Bertz CT molecular complexity index is 1170. The van der Waals surface area contributed by atoms with Crippen molar-refractivity contribution in [3.05, 3.63) is 82.3 Å². The van der Waals surface area contributed by atoms with E-state index in [0.29, 0.717) is 22.1 Å². The fourth-order valence-electron chi connectivity index (χ4n) is 2.68. The Balaban J connectivity index is 1.66. The summed E-state index contributed by atoms with van der Waals surface area (Å²) in [7, 11) is 0. The smallest absolute Gasteiger partial charge is 0.308 e. The third-order valence-electron chi connectivity index (χ3n) is 4.06. The molecule has 0 heterocycles. The lowest BCUT2D eigenvalue weighted by Gasteiger charge is -2.13. The minimum absolute atomic E-state index is 0.254. The second-order valence-corrected chi connectivity index (χ2v) is 7.38. The van der Waals surface area contributed by atoms with Crippen LogP contribution in [0.25, 0.3) is 0 Å². The van der Waals surface area contributed by atoms with Crippen LogP contribution in [-0.4, -0.2) is 24.4 Å². The molecule has 0 aromatic heterocycles. The third-order valence-corrected chi connectivity index (χ3v) is 4.59. The summed E-state index contributed by atoms with van der Waals surface area (Å²) in [5.41, 5.74) is 1.05. The zero-order valence-electron chi connectivity index (χ0n) is 16.9. The second kappa shape index (κ2) is 10.7. The number of amides is 2. The predicted molar refractivity (Wildman–Crippen MR) is 123 cm³/mol. The zero-order valence-corrected chi connectivity index (χ0v) is 18.4. The SMILES string of the molecule is CC(=O)Oc1cccc(C(=O)Nc2ccccc2NC(=O)COc2ccc(Cl)cc2Cl)c1. The fourth-order valence-corrected chi connectivity index (χ4v) is 3.15. The molecule has 0 spiro atoms. The standard InChI is InChI=1S/C23H18Cl2N2O5/c1-14(28)32-17-6-4-5-15(11-17)23(30)27-20-8-3-2-7-19(20)26-22(29)13-31-21-10-9-16(24)12-18(21)25/h2-12H,13H2,1H3,(H,26,29)(H,27,30). The van der Waals surface area contributed by atoms with Gasteiger partial charge in [0, 0.05) is 17.5 Å². The van der Waals surface area contributed by atoms with E-state index in [-0.39, 0.29) is 22.9 Å². The summed E-state index contributed by atoms with van der Waals surface area (Å²) in [5, 5.41) is 6.16. The molecule has 0 aliphatic rings. The first-order valence-corrected chi connectivity index (χ1v) is 10.1. The Kier molecular flexibility index (Phi) is 7.70. The molecule has 0 saturated heterocycles. The zero-order chi connectivity index (χ0) is 23.1. The molecule has 0 aliphatic heterocycles. The van der Waals surface area contributed by atoms with Crippen molar-refractivity contribution < 1.29 is 23.9 Å². The van der Waals surface area contributed by atoms with Gasteiger partial charge >= 0.3 is 5.97 Å². The monoisotopic (exact) mass is 472 g/mol. The van der Waals surface area contributed by atoms with Gasteiger partial charge in [-0.05, 0) is 48.5 Å². The maximum atomic E-state index is 12.7. The van der Waals surface area contributed by atoms with E-state index in [4.69, 9.17) is 32.7 Å². The molecular weight excluding hydrogens is 455 g/mol. The summed E-state index contributed by atoms with van der Waals surface area (Å²) in [6.45, 7) is 0.977. The van der Waals surface area contributed by atoms with Crippen LogP contribution in [0.4, 0.5) is 11.4 Å². The molecule has 0 radical (unpaired) electrons. The predicted octanol–water partition coefficient (Wildman–Crippen LogP) is 5.19. The summed E-state index contributed by atoms with van der Waals surface area (Å²) in [4.78, 5) is 36.1. The molecule has 2 N–H and O–H groups in total. The van der Waals surface area contributed by atoms with Crippen LogP contribution in [-0.2, 0) is 9.59 Å².